The second-order valence-corrected chi connectivity index (χ2v) is 6.94. The van der Waals surface area contributed by atoms with Gasteiger partial charge < -0.3 is 9.84 Å². The zero-order valence-electron chi connectivity index (χ0n) is 16.5. The maximum absolute atomic E-state index is 15.3. The standard InChI is InChI=1S/C23H14F7NO2/c1-2-11-21(32,18-9-6-16(24)12-19(18)25)22(26,27)20-10-5-15(13-31-20)14-3-7-17(8-4-14)33-23(28,29)30/h1,3-10,12-13,32H,11H2. The van der Waals surface area contributed by atoms with Crippen LogP contribution in [0.3, 0.4) is 0 Å². The lowest BCUT2D eigenvalue weighted by Gasteiger charge is -2.34. The number of nitrogens with zero attached hydrogens (tertiary/aromatic N) is 1. The number of rotatable bonds is 6. The Morgan fingerprint density at radius 3 is 2.06 bits per heavy atom. The average molecular weight is 469 g/mol. The summed E-state index contributed by atoms with van der Waals surface area (Å²) in [6, 6.07) is 8.37. The van der Waals surface area contributed by atoms with Crippen LogP contribution in [0.1, 0.15) is 17.7 Å². The molecule has 0 radical (unpaired) electrons. The van der Waals surface area contributed by atoms with Gasteiger partial charge in [0.2, 0.25) is 0 Å². The lowest BCUT2D eigenvalue weighted by Crippen LogP contribution is -2.44. The minimum absolute atomic E-state index is 0.265. The van der Waals surface area contributed by atoms with E-state index in [4.69, 9.17) is 6.42 Å². The molecular weight excluding hydrogens is 455 g/mol. The quantitative estimate of drug-likeness (QED) is 0.360. The highest BCUT2D eigenvalue weighted by molar-refractivity contribution is 5.63. The summed E-state index contributed by atoms with van der Waals surface area (Å²) in [5, 5.41) is 10.7. The molecule has 0 aliphatic heterocycles. The Labute approximate surface area is 183 Å². The van der Waals surface area contributed by atoms with E-state index in [-0.39, 0.29) is 5.56 Å². The van der Waals surface area contributed by atoms with Crippen LogP contribution >= 0.6 is 0 Å². The van der Waals surface area contributed by atoms with Gasteiger partial charge in [0, 0.05) is 29.8 Å². The zero-order chi connectivity index (χ0) is 24.4. The third kappa shape index (κ3) is 4.93. The summed E-state index contributed by atoms with van der Waals surface area (Å²) in [7, 11) is 0. The fourth-order valence-electron chi connectivity index (χ4n) is 3.16. The molecule has 3 nitrogen and oxygen atoms in total. The van der Waals surface area contributed by atoms with Crippen molar-refractivity contribution in [1.29, 1.82) is 0 Å². The van der Waals surface area contributed by atoms with Gasteiger partial charge in [-0.05, 0) is 29.8 Å². The lowest BCUT2D eigenvalue weighted by molar-refractivity contribution is -0.274. The summed E-state index contributed by atoms with van der Waals surface area (Å²) in [5.74, 6) is -5.23. The molecule has 0 amide bonds. The normalized spacial score (nSPS) is 13.8. The summed E-state index contributed by atoms with van der Waals surface area (Å²) in [6.07, 6.45) is 0.244. The van der Waals surface area contributed by atoms with Gasteiger partial charge in [0.25, 0.3) is 0 Å². The molecule has 0 fully saturated rings. The van der Waals surface area contributed by atoms with E-state index in [0.29, 0.717) is 23.8 Å². The summed E-state index contributed by atoms with van der Waals surface area (Å²) in [4.78, 5) is 3.64. The Hall–Kier alpha value is -3.58. The van der Waals surface area contributed by atoms with Gasteiger partial charge >= 0.3 is 12.3 Å². The first-order valence-corrected chi connectivity index (χ1v) is 9.19. The Balaban J connectivity index is 1.94. The third-order valence-corrected chi connectivity index (χ3v) is 4.76. The first kappa shape index (κ1) is 24.1. The van der Waals surface area contributed by atoms with E-state index in [2.05, 4.69) is 9.72 Å². The zero-order valence-corrected chi connectivity index (χ0v) is 16.5. The van der Waals surface area contributed by atoms with Crippen molar-refractivity contribution in [2.24, 2.45) is 0 Å². The predicted molar refractivity (Wildman–Crippen MR) is 104 cm³/mol. The smallest absolute Gasteiger partial charge is 0.406 e. The molecule has 0 saturated carbocycles. The molecule has 1 aromatic heterocycles. The van der Waals surface area contributed by atoms with Gasteiger partial charge in [-0.25, -0.2) is 8.78 Å². The maximum Gasteiger partial charge on any atom is 0.573 e. The predicted octanol–water partition coefficient (Wildman–Crippen LogP) is 5.93. The number of terminal acetylenes is 1. The summed E-state index contributed by atoms with van der Waals surface area (Å²) >= 11 is 0. The lowest BCUT2D eigenvalue weighted by atomic mass is 9.82. The van der Waals surface area contributed by atoms with Crippen LogP contribution in [0.2, 0.25) is 0 Å². The van der Waals surface area contributed by atoms with Crippen molar-refractivity contribution in [3.63, 3.8) is 0 Å². The molecule has 2 aromatic carbocycles. The van der Waals surface area contributed by atoms with Gasteiger partial charge in [-0.15, -0.1) is 25.5 Å². The van der Waals surface area contributed by atoms with Crippen molar-refractivity contribution in [2.45, 2.75) is 24.3 Å². The van der Waals surface area contributed by atoms with Crippen LogP contribution in [0, 0.1) is 24.0 Å². The van der Waals surface area contributed by atoms with Gasteiger partial charge in [0.1, 0.15) is 23.1 Å². The molecule has 0 aliphatic rings. The Morgan fingerprint density at radius 1 is 0.909 bits per heavy atom. The van der Waals surface area contributed by atoms with E-state index >= 15 is 8.78 Å². The van der Waals surface area contributed by atoms with E-state index < -0.39 is 52.9 Å². The first-order valence-electron chi connectivity index (χ1n) is 9.19. The van der Waals surface area contributed by atoms with E-state index in [1.807, 2.05) is 5.92 Å². The van der Waals surface area contributed by atoms with Gasteiger partial charge in [-0.1, -0.05) is 24.3 Å². The molecule has 1 atom stereocenters. The number of halogens is 7. The van der Waals surface area contributed by atoms with Crippen molar-refractivity contribution in [2.75, 3.05) is 0 Å². The minimum atomic E-state index is -4.87. The molecule has 0 bridgehead atoms. The van der Waals surface area contributed by atoms with Crippen molar-refractivity contribution in [3.05, 3.63) is 83.7 Å². The third-order valence-electron chi connectivity index (χ3n) is 4.76. The van der Waals surface area contributed by atoms with Crippen LogP contribution < -0.4 is 4.74 Å². The number of hydrogen-bond donors (Lipinski definition) is 1. The Morgan fingerprint density at radius 2 is 1.55 bits per heavy atom. The first-order chi connectivity index (χ1) is 15.4. The molecule has 10 heteroatoms. The second kappa shape index (κ2) is 8.75. The van der Waals surface area contributed by atoms with Crippen molar-refractivity contribution in [1.82, 2.24) is 4.98 Å². The highest BCUT2D eigenvalue weighted by atomic mass is 19.4. The number of benzene rings is 2. The van der Waals surface area contributed by atoms with Crippen molar-refractivity contribution in [3.8, 4) is 29.2 Å². The van der Waals surface area contributed by atoms with Crippen LogP contribution in [-0.4, -0.2) is 16.5 Å². The Kier molecular flexibility index (Phi) is 6.38. The van der Waals surface area contributed by atoms with E-state index in [1.54, 1.807) is 0 Å². The molecule has 33 heavy (non-hydrogen) atoms. The number of hydrogen-bond acceptors (Lipinski definition) is 3. The maximum atomic E-state index is 15.3. The monoisotopic (exact) mass is 469 g/mol. The molecule has 1 unspecified atom stereocenters. The molecular formula is C23H14F7NO2. The summed E-state index contributed by atoms with van der Waals surface area (Å²) in [5.41, 5.74) is -4.48. The van der Waals surface area contributed by atoms with Crippen LogP contribution in [0.4, 0.5) is 30.7 Å². The molecule has 0 spiro atoms. The van der Waals surface area contributed by atoms with Crippen LogP contribution in [0.5, 0.6) is 5.75 Å². The van der Waals surface area contributed by atoms with Gasteiger partial charge in [0.05, 0.1) is 0 Å². The molecule has 1 N–H and O–H groups in total. The van der Waals surface area contributed by atoms with Crippen molar-refractivity contribution >= 4 is 0 Å². The topological polar surface area (TPSA) is 42.4 Å². The molecule has 0 aliphatic carbocycles. The second-order valence-electron chi connectivity index (χ2n) is 6.94. The minimum Gasteiger partial charge on any atom is -0.406 e. The summed E-state index contributed by atoms with van der Waals surface area (Å²) < 4.78 is 98.6. The van der Waals surface area contributed by atoms with Gasteiger partial charge in [0.15, 0.2) is 5.60 Å². The van der Waals surface area contributed by atoms with Crippen molar-refractivity contribution < 1.29 is 40.6 Å². The number of aromatic nitrogens is 1. The number of alkyl halides is 5. The fraction of sp³-hybridized carbons (Fsp3) is 0.174. The molecule has 172 valence electrons. The summed E-state index contributed by atoms with van der Waals surface area (Å²) in [6.45, 7) is 0. The fourth-order valence-corrected chi connectivity index (χ4v) is 3.16. The molecule has 3 rings (SSSR count). The number of ether oxygens (including phenoxy) is 1. The van der Waals surface area contributed by atoms with Crippen LogP contribution in [0.25, 0.3) is 11.1 Å². The van der Waals surface area contributed by atoms with E-state index in [1.165, 1.54) is 18.2 Å². The highest BCUT2D eigenvalue weighted by Crippen LogP contribution is 2.47. The van der Waals surface area contributed by atoms with Gasteiger partial charge in [-0.3, -0.25) is 4.98 Å². The Bertz CT molecular complexity index is 1170. The molecule has 3 aromatic rings. The number of pyridine rings is 1. The number of aliphatic hydroxyl groups is 1. The van der Waals surface area contributed by atoms with Gasteiger partial charge in [-0.2, -0.15) is 8.78 Å². The van der Waals surface area contributed by atoms with Crippen LogP contribution in [-0.2, 0) is 11.5 Å². The largest absolute Gasteiger partial charge is 0.573 e. The molecule has 1 heterocycles. The highest BCUT2D eigenvalue weighted by Gasteiger charge is 2.56. The van der Waals surface area contributed by atoms with Crippen LogP contribution in [0.15, 0.2) is 60.8 Å². The average Bonchev–Trinajstić information content (AvgIpc) is 2.73. The SMILES string of the molecule is C#CCC(O)(c1ccc(F)cc1F)C(F)(F)c1ccc(-c2ccc(OC(F)(F)F)cc2)cn1. The van der Waals surface area contributed by atoms with E-state index in [0.717, 1.165) is 24.4 Å². The molecule has 0 saturated heterocycles. The van der Waals surface area contributed by atoms with E-state index in [9.17, 15) is 27.1 Å².